The third kappa shape index (κ3) is 5.83. The van der Waals surface area contributed by atoms with E-state index in [0.717, 1.165) is 23.0 Å². The molecule has 0 saturated carbocycles. The molecule has 0 aliphatic heterocycles. The number of nitrogens with one attached hydrogen (secondary N) is 3. The Labute approximate surface area is 153 Å². The highest BCUT2D eigenvalue weighted by Gasteiger charge is 2.32. The molecule has 26 heavy (non-hydrogen) atoms. The van der Waals surface area contributed by atoms with Gasteiger partial charge in [0.15, 0.2) is 5.96 Å². The molecule has 0 aliphatic carbocycles. The molecule has 142 valence electrons. The number of guanidine groups is 1. The Morgan fingerprint density at radius 3 is 2.58 bits per heavy atom. The molecule has 2 aromatic heterocycles. The summed E-state index contributed by atoms with van der Waals surface area (Å²) in [6.07, 6.45) is -3.42. The first-order valence-corrected chi connectivity index (χ1v) is 8.62. The normalized spacial score (nSPS) is 12.2. The summed E-state index contributed by atoms with van der Waals surface area (Å²) in [5, 5.41) is 9.88. The van der Waals surface area contributed by atoms with E-state index in [4.69, 9.17) is 0 Å². The molecule has 2 aromatic rings. The van der Waals surface area contributed by atoms with Crippen molar-refractivity contribution in [2.24, 2.45) is 4.99 Å². The number of hydrogen-bond donors (Lipinski definition) is 3. The van der Waals surface area contributed by atoms with Gasteiger partial charge in [0.1, 0.15) is 10.7 Å². The lowest BCUT2D eigenvalue weighted by molar-refractivity contribution is -0.141. The van der Waals surface area contributed by atoms with Crippen molar-refractivity contribution in [1.82, 2.24) is 25.6 Å². The summed E-state index contributed by atoms with van der Waals surface area (Å²) in [4.78, 5) is 16.9. The van der Waals surface area contributed by atoms with Gasteiger partial charge in [-0.05, 0) is 19.9 Å². The molecule has 0 unspecified atom stereocenters. The minimum Gasteiger partial charge on any atom is -0.355 e. The first-order chi connectivity index (χ1) is 12.3. The van der Waals surface area contributed by atoms with Gasteiger partial charge < -0.3 is 16.0 Å². The average Bonchev–Trinajstić information content (AvgIpc) is 2.92. The monoisotopic (exact) mass is 387 g/mol. The summed E-state index contributed by atoms with van der Waals surface area (Å²) < 4.78 is 37.8. The Balaban J connectivity index is 1.75. The maximum absolute atomic E-state index is 12.6. The molecule has 0 bridgehead atoms. The van der Waals surface area contributed by atoms with Crippen LogP contribution >= 0.6 is 11.3 Å². The highest BCUT2D eigenvalue weighted by molar-refractivity contribution is 7.11. The van der Waals surface area contributed by atoms with E-state index < -0.39 is 11.9 Å². The molecule has 0 amide bonds. The van der Waals surface area contributed by atoms with Crippen molar-refractivity contribution in [2.75, 3.05) is 25.5 Å². The smallest absolute Gasteiger partial charge is 0.355 e. The van der Waals surface area contributed by atoms with Gasteiger partial charge in [-0.25, -0.2) is 15.0 Å². The van der Waals surface area contributed by atoms with Gasteiger partial charge >= 0.3 is 6.18 Å². The van der Waals surface area contributed by atoms with Crippen molar-refractivity contribution < 1.29 is 13.2 Å². The highest BCUT2D eigenvalue weighted by atomic mass is 32.1. The SMILES string of the molecule is CN=C(NCCNc1nccc(C(F)(F)F)n1)NCc1nc(C)c(C)s1. The number of alkyl halides is 3. The predicted octanol–water partition coefficient (Wildman–Crippen LogP) is 2.35. The van der Waals surface area contributed by atoms with Gasteiger partial charge in [-0.1, -0.05) is 0 Å². The summed E-state index contributed by atoms with van der Waals surface area (Å²) >= 11 is 1.62. The molecule has 0 radical (unpaired) electrons. The summed E-state index contributed by atoms with van der Waals surface area (Å²) in [5.74, 6) is 0.501. The van der Waals surface area contributed by atoms with E-state index in [2.05, 4.69) is 35.9 Å². The van der Waals surface area contributed by atoms with Gasteiger partial charge in [0.25, 0.3) is 0 Å². The van der Waals surface area contributed by atoms with Crippen LogP contribution in [0.25, 0.3) is 0 Å². The quantitative estimate of drug-likeness (QED) is 0.401. The lowest BCUT2D eigenvalue weighted by Crippen LogP contribution is -2.39. The van der Waals surface area contributed by atoms with Gasteiger partial charge in [-0.15, -0.1) is 11.3 Å². The van der Waals surface area contributed by atoms with Crippen LogP contribution in [-0.4, -0.2) is 41.0 Å². The molecule has 0 aromatic carbocycles. The minimum absolute atomic E-state index is 0.0710. The maximum Gasteiger partial charge on any atom is 0.433 e. The zero-order valence-electron chi connectivity index (χ0n) is 14.6. The zero-order chi connectivity index (χ0) is 19.2. The van der Waals surface area contributed by atoms with Crippen molar-refractivity contribution in [3.05, 3.63) is 33.5 Å². The number of hydrogen-bond acceptors (Lipinski definition) is 6. The highest BCUT2D eigenvalue weighted by Crippen LogP contribution is 2.27. The lowest BCUT2D eigenvalue weighted by atomic mass is 10.4. The van der Waals surface area contributed by atoms with Crippen LogP contribution < -0.4 is 16.0 Å². The second-order valence-electron chi connectivity index (χ2n) is 5.29. The van der Waals surface area contributed by atoms with Crippen LogP contribution in [0.2, 0.25) is 0 Å². The van der Waals surface area contributed by atoms with E-state index in [9.17, 15) is 13.2 Å². The summed E-state index contributed by atoms with van der Waals surface area (Å²) in [7, 11) is 1.64. The van der Waals surface area contributed by atoms with Gasteiger partial charge in [0.2, 0.25) is 5.95 Å². The number of rotatable bonds is 6. The molecule has 0 fully saturated rings. The van der Waals surface area contributed by atoms with Gasteiger partial charge in [0, 0.05) is 31.2 Å². The van der Waals surface area contributed by atoms with Crippen LogP contribution in [0.1, 0.15) is 21.3 Å². The molecule has 0 saturated heterocycles. The molecule has 3 N–H and O–H groups in total. The first kappa shape index (κ1) is 19.9. The van der Waals surface area contributed by atoms with Crippen LogP contribution in [-0.2, 0) is 12.7 Å². The molecule has 0 spiro atoms. The van der Waals surface area contributed by atoms with Gasteiger partial charge in [0.05, 0.1) is 12.2 Å². The Hall–Kier alpha value is -2.43. The van der Waals surface area contributed by atoms with Gasteiger partial charge in [-0.3, -0.25) is 4.99 Å². The number of halogens is 3. The van der Waals surface area contributed by atoms with Gasteiger partial charge in [-0.2, -0.15) is 13.2 Å². The first-order valence-electron chi connectivity index (χ1n) is 7.81. The molecule has 11 heteroatoms. The fraction of sp³-hybridized carbons (Fsp3) is 0.467. The third-order valence-electron chi connectivity index (χ3n) is 3.35. The molecule has 2 heterocycles. The van der Waals surface area contributed by atoms with E-state index in [-0.39, 0.29) is 5.95 Å². The zero-order valence-corrected chi connectivity index (χ0v) is 15.4. The predicted molar refractivity (Wildman–Crippen MR) is 95.3 cm³/mol. The Morgan fingerprint density at radius 1 is 1.19 bits per heavy atom. The van der Waals surface area contributed by atoms with E-state index in [0.29, 0.717) is 25.6 Å². The fourth-order valence-corrected chi connectivity index (χ4v) is 2.83. The van der Waals surface area contributed by atoms with Crippen molar-refractivity contribution in [2.45, 2.75) is 26.6 Å². The number of aryl methyl sites for hydroxylation is 2. The Bertz CT molecular complexity index is 738. The summed E-state index contributed by atoms with van der Waals surface area (Å²) in [6.45, 7) is 5.28. The van der Waals surface area contributed by atoms with E-state index in [1.54, 1.807) is 18.4 Å². The van der Waals surface area contributed by atoms with E-state index >= 15 is 0 Å². The number of aromatic nitrogens is 3. The van der Waals surface area contributed by atoms with Crippen LogP contribution in [0.3, 0.4) is 0 Å². The molecular weight excluding hydrogens is 367 g/mol. The standard InChI is InChI=1S/C15H20F3N7S/c1-9-10(2)26-12(24-9)8-23-13(19-3)21-6-7-22-14-20-5-4-11(25-14)15(16,17)18/h4-5H,6-8H2,1-3H3,(H2,19,21,23)(H,20,22,25). The largest absolute Gasteiger partial charge is 0.433 e. The van der Waals surface area contributed by atoms with Crippen molar-refractivity contribution in [3.8, 4) is 0 Å². The average molecular weight is 387 g/mol. The fourth-order valence-electron chi connectivity index (χ4n) is 1.95. The summed E-state index contributed by atoms with van der Waals surface area (Å²) in [5.41, 5.74) is 0.0366. The van der Waals surface area contributed by atoms with Crippen LogP contribution in [0, 0.1) is 13.8 Å². The van der Waals surface area contributed by atoms with Crippen molar-refractivity contribution >= 4 is 23.2 Å². The minimum atomic E-state index is -4.49. The number of nitrogens with zero attached hydrogens (tertiary/aromatic N) is 4. The maximum atomic E-state index is 12.6. The van der Waals surface area contributed by atoms with E-state index in [1.807, 2.05) is 13.8 Å². The number of aliphatic imine (C=N–C) groups is 1. The topological polar surface area (TPSA) is 87.1 Å². The number of thiazole rings is 1. The lowest BCUT2D eigenvalue weighted by Gasteiger charge is -2.12. The molecule has 2 rings (SSSR count). The van der Waals surface area contributed by atoms with Crippen LogP contribution in [0.5, 0.6) is 0 Å². The molecular formula is C15H20F3N7S. The van der Waals surface area contributed by atoms with E-state index in [1.165, 1.54) is 4.88 Å². The second-order valence-corrected chi connectivity index (χ2v) is 6.58. The van der Waals surface area contributed by atoms with Crippen LogP contribution in [0.4, 0.5) is 19.1 Å². The molecule has 0 aliphatic rings. The Morgan fingerprint density at radius 2 is 1.96 bits per heavy atom. The summed E-state index contributed by atoms with van der Waals surface area (Å²) in [6, 6.07) is 0.831. The Kier molecular flexibility index (Phi) is 6.72. The molecule has 0 atom stereocenters. The van der Waals surface area contributed by atoms with Crippen molar-refractivity contribution in [3.63, 3.8) is 0 Å². The molecule has 7 nitrogen and oxygen atoms in total. The number of anilines is 1. The second kappa shape index (κ2) is 8.79. The van der Waals surface area contributed by atoms with Crippen LogP contribution in [0.15, 0.2) is 17.3 Å². The third-order valence-corrected chi connectivity index (χ3v) is 4.42. The van der Waals surface area contributed by atoms with Crippen molar-refractivity contribution in [1.29, 1.82) is 0 Å².